The average molecular weight is 387 g/mol. The van der Waals surface area contributed by atoms with Crippen LogP contribution in [0.5, 0.6) is 0 Å². The highest BCUT2D eigenvalue weighted by atomic mass is 16.3. The van der Waals surface area contributed by atoms with Gasteiger partial charge in [-0.2, -0.15) is 0 Å². The summed E-state index contributed by atoms with van der Waals surface area (Å²) in [5.74, 6) is -0.918. The Morgan fingerprint density at radius 3 is 2.79 bits per heavy atom. The Bertz CT molecular complexity index is 1400. The van der Waals surface area contributed by atoms with Crippen molar-refractivity contribution in [3.8, 4) is 0 Å². The third-order valence-corrected chi connectivity index (χ3v) is 5.39. The Hall–Kier alpha value is -3.87. The molecule has 1 atom stereocenters. The summed E-state index contributed by atoms with van der Waals surface area (Å²) in [5.41, 5.74) is 3.93. The fraction of sp³-hybridized carbons (Fsp3) is 0.136. The third-order valence-electron chi connectivity index (χ3n) is 5.39. The van der Waals surface area contributed by atoms with Crippen LogP contribution in [0.25, 0.3) is 22.0 Å². The highest BCUT2D eigenvalue weighted by molar-refractivity contribution is 6.09. The molecule has 0 spiro atoms. The van der Waals surface area contributed by atoms with E-state index in [2.05, 4.69) is 9.97 Å². The van der Waals surface area contributed by atoms with Gasteiger partial charge in [0.1, 0.15) is 11.8 Å². The number of nitrogens with zero attached hydrogens (tertiary/aromatic N) is 2. The summed E-state index contributed by atoms with van der Waals surface area (Å²) in [6.45, 7) is 3.54. The van der Waals surface area contributed by atoms with Gasteiger partial charge < -0.3 is 14.5 Å². The molecular weight excluding hydrogens is 370 g/mol. The molecule has 2 aromatic heterocycles. The van der Waals surface area contributed by atoms with E-state index in [0.717, 1.165) is 16.6 Å². The van der Waals surface area contributed by atoms with Crippen molar-refractivity contribution in [3.63, 3.8) is 0 Å². The first-order valence-corrected chi connectivity index (χ1v) is 9.14. The van der Waals surface area contributed by atoms with E-state index in [9.17, 15) is 14.7 Å². The molecule has 0 bridgehead atoms. The topological polar surface area (TPSA) is 99.4 Å². The van der Waals surface area contributed by atoms with Gasteiger partial charge in [-0.3, -0.25) is 14.5 Å². The zero-order valence-corrected chi connectivity index (χ0v) is 15.8. The quantitative estimate of drug-likeness (QED) is 0.543. The second-order valence-electron chi connectivity index (χ2n) is 7.23. The van der Waals surface area contributed by atoms with Crippen molar-refractivity contribution in [2.45, 2.75) is 19.9 Å². The van der Waals surface area contributed by atoms with Gasteiger partial charge in [-0.1, -0.05) is 11.6 Å². The molecule has 1 amide bonds. The first-order valence-electron chi connectivity index (χ1n) is 9.14. The molecule has 7 nitrogen and oxygen atoms in total. The van der Waals surface area contributed by atoms with E-state index in [1.165, 1.54) is 11.2 Å². The van der Waals surface area contributed by atoms with Crippen LogP contribution in [0.4, 0.5) is 5.69 Å². The highest BCUT2D eigenvalue weighted by Gasteiger charge is 2.41. The molecule has 1 aliphatic rings. The smallest absolute Gasteiger partial charge is 0.293 e. The Kier molecular flexibility index (Phi) is 3.61. The number of hydrogen-bond acceptors (Lipinski definition) is 5. The zero-order chi connectivity index (χ0) is 20.3. The lowest BCUT2D eigenvalue weighted by Crippen LogP contribution is -2.32. The maximum absolute atomic E-state index is 13.3. The van der Waals surface area contributed by atoms with Crippen molar-refractivity contribution in [1.82, 2.24) is 9.97 Å². The molecular formula is C22H17N3O4. The number of aliphatic hydroxyl groups is 1. The Morgan fingerprint density at radius 2 is 1.97 bits per heavy atom. The molecule has 29 heavy (non-hydrogen) atoms. The van der Waals surface area contributed by atoms with Crippen molar-refractivity contribution in [2.24, 2.45) is 0 Å². The minimum Gasteiger partial charge on any atom is -0.503 e. The van der Waals surface area contributed by atoms with Crippen LogP contribution in [-0.4, -0.2) is 21.0 Å². The highest BCUT2D eigenvalue weighted by Crippen LogP contribution is 2.40. The van der Waals surface area contributed by atoms with E-state index in [1.807, 2.05) is 13.0 Å². The normalized spacial score (nSPS) is 17.1. The number of rotatable bonds is 2. The predicted octanol–water partition coefficient (Wildman–Crippen LogP) is 3.90. The maximum Gasteiger partial charge on any atom is 0.293 e. The maximum atomic E-state index is 13.3. The number of aromatic nitrogens is 2. The predicted molar refractivity (Wildman–Crippen MR) is 109 cm³/mol. The molecule has 2 N–H and O–H groups in total. The number of anilines is 1. The largest absolute Gasteiger partial charge is 0.503 e. The summed E-state index contributed by atoms with van der Waals surface area (Å²) in [7, 11) is 0. The SMILES string of the molecule is CC1=C(O)C(=O)N(c2ccc3nc[nH]c3c2)C1c1coc2ccc(C)cc2c1=O. The molecule has 7 heteroatoms. The molecule has 5 rings (SSSR count). The number of carbonyl (C=O) groups is 1. The molecule has 0 radical (unpaired) electrons. The molecule has 1 aliphatic heterocycles. The van der Waals surface area contributed by atoms with Gasteiger partial charge in [0.25, 0.3) is 5.91 Å². The number of aromatic amines is 1. The molecule has 4 aromatic rings. The molecule has 0 saturated carbocycles. The minimum atomic E-state index is -0.760. The molecule has 3 heterocycles. The Balaban J connectivity index is 1.72. The van der Waals surface area contributed by atoms with E-state index < -0.39 is 11.9 Å². The van der Waals surface area contributed by atoms with Crippen LogP contribution in [0.3, 0.4) is 0 Å². The van der Waals surface area contributed by atoms with Gasteiger partial charge in [0.15, 0.2) is 11.2 Å². The number of H-pyrrole nitrogens is 1. The molecule has 0 fully saturated rings. The van der Waals surface area contributed by atoms with E-state index in [-0.39, 0.29) is 11.2 Å². The molecule has 2 aromatic carbocycles. The lowest BCUT2D eigenvalue weighted by molar-refractivity contribution is -0.117. The standard InChI is InChI=1S/C22H17N3O4/c1-11-3-6-18-14(7-11)21(27)15(9-29-18)19-12(2)20(26)22(28)25(19)13-4-5-16-17(8-13)24-10-23-16/h3-10,19,26H,1-2H3,(H,23,24). The number of aliphatic hydroxyl groups excluding tert-OH is 1. The van der Waals surface area contributed by atoms with E-state index >= 15 is 0 Å². The lowest BCUT2D eigenvalue weighted by atomic mass is 10.00. The summed E-state index contributed by atoms with van der Waals surface area (Å²) in [5, 5.41) is 10.8. The minimum absolute atomic E-state index is 0.227. The number of imidazole rings is 1. The average Bonchev–Trinajstić information content (AvgIpc) is 3.27. The number of aryl methyl sites for hydroxylation is 1. The molecule has 0 aliphatic carbocycles. The number of hydrogen-bond donors (Lipinski definition) is 2. The van der Waals surface area contributed by atoms with Gasteiger partial charge in [0.05, 0.1) is 34.4 Å². The van der Waals surface area contributed by atoms with Crippen molar-refractivity contribution >= 4 is 33.6 Å². The second kappa shape index (κ2) is 6.07. The summed E-state index contributed by atoms with van der Waals surface area (Å²) in [4.78, 5) is 34.7. The fourth-order valence-corrected chi connectivity index (χ4v) is 3.88. The van der Waals surface area contributed by atoms with Gasteiger partial charge in [-0.15, -0.1) is 0 Å². The first-order chi connectivity index (χ1) is 14.0. The number of fused-ring (bicyclic) bond motifs is 2. The number of nitrogens with one attached hydrogen (secondary N) is 1. The van der Waals surface area contributed by atoms with Crippen molar-refractivity contribution in [1.29, 1.82) is 0 Å². The van der Waals surface area contributed by atoms with Gasteiger partial charge in [-0.05, 0) is 44.2 Å². The van der Waals surface area contributed by atoms with Crippen LogP contribution < -0.4 is 10.3 Å². The molecule has 0 saturated heterocycles. The number of carbonyl (C=O) groups excluding carboxylic acids is 1. The van der Waals surface area contributed by atoms with Crippen molar-refractivity contribution < 1.29 is 14.3 Å². The third kappa shape index (κ3) is 2.47. The first kappa shape index (κ1) is 17.2. The summed E-state index contributed by atoms with van der Waals surface area (Å²) >= 11 is 0. The summed E-state index contributed by atoms with van der Waals surface area (Å²) < 4.78 is 5.69. The Labute approximate surface area is 164 Å². The van der Waals surface area contributed by atoms with Gasteiger partial charge in [0, 0.05) is 11.3 Å². The van der Waals surface area contributed by atoms with Crippen molar-refractivity contribution in [3.05, 3.63) is 81.7 Å². The van der Waals surface area contributed by atoms with Gasteiger partial charge in [-0.25, -0.2) is 4.98 Å². The van der Waals surface area contributed by atoms with Crippen LogP contribution in [0.15, 0.2) is 69.5 Å². The summed E-state index contributed by atoms with van der Waals surface area (Å²) in [6.07, 6.45) is 2.95. The molecule has 144 valence electrons. The number of amides is 1. The van der Waals surface area contributed by atoms with Crippen LogP contribution in [-0.2, 0) is 4.79 Å². The van der Waals surface area contributed by atoms with E-state index in [0.29, 0.717) is 27.8 Å². The molecule has 1 unspecified atom stereocenters. The monoisotopic (exact) mass is 387 g/mol. The zero-order valence-electron chi connectivity index (χ0n) is 15.8. The Morgan fingerprint density at radius 1 is 1.14 bits per heavy atom. The van der Waals surface area contributed by atoms with Gasteiger partial charge >= 0.3 is 0 Å². The van der Waals surface area contributed by atoms with Crippen molar-refractivity contribution in [2.75, 3.05) is 4.90 Å². The number of benzene rings is 2. The van der Waals surface area contributed by atoms with E-state index in [4.69, 9.17) is 4.42 Å². The fourth-order valence-electron chi connectivity index (χ4n) is 3.88. The second-order valence-corrected chi connectivity index (χ2v) is 7.23. The van der Waals surface area contributed by atoms with Crippen LogP contribution in [0.1, 0.15) is 24.1 Å². The van der Waals surface area contributed by atoms with Crippen LogP contribution in [0, 0.1) is 6.92 Å². The lowest BCUT2D eigenvalue weighted by Gasteiger charge is -2.25. The van der Waals surface area contributed by atoms with Crippen LogP contribution in [0.2, 0.25) is 0 Å². The van der Waals surface area contributed by atoms with Gasteiger partial charge in [0.2, 0.25) is 0 Å². The van der Waals surface area contributed by atoms with Crippen LogP contribution >= 0.6 is 0 Å². The summed E-state index contributed by atoms with van der Waals surface area (Å²) in [6, 6.07) is 9.92. The van der Waals surface area contributed by atoms with E-state index in [1.54, 1.807) is 43.6 Å².